The Labute approximate surface area is 161 Å². The Kier molecular flexibility index (Phi) is 4.98. The molecule has 1 saturated carbocycles. The molecule has 2 unspecified atom stereocenters. The van der Waals surface area contributed by atoms with E-state index in [2.05, 4.69) is 5.32 Å². The molecule has 2 amide bonds. The minimum absolute atomic E-state index is 0.0538. The van der Waals surface area contributed by atoms with Gasteiger partial charge in [-0.15, -0.1) is 0 Å². The smallest absolute Gasteiger partial charge is 0.228 e. The number of para-hydroxylation sites is 2. The van der Waals surface area contributed by atoms with Gasteiger partial charge in [0.25, 0.3) is 0 Å². The van der Waals surface area contributed by atoms with E-state index in [4.69, 9.17) is 0 Å². The molecule has 4 rings (SSSR count). The summed E-state index contributed by atoms with van der Waals surface area (Å²) in [6, 6.07) is 12.6. The lowest BCUT2D eigenvalue weighted by Crippen LogP contribution is -2.49. The molecule has 1 N–H and O–H groups in total. The Hall–Kier alpha value is -2.96. The summed E-state index contributed by atoms with van der Waals surface area (Å²) in [4.78, 5) is 28.6. The third-order valence-electron chi connectivity index (χ3n) is 5.36. The highest BCUT2D eigenvalue weighted by molar-refractivity contribution is 5.99. The molecule has 146 valence electrons. The van der Waals surface area contributed by atoms with Crippen molar-refractivity contribution < 1.29 is 18.4 Å². The number of carbonyl (C=O) groups is 2. The monoisotopic (exact) mass is 385 g/mol. The molecule has 2 aliphatic rings. The van der Waals surface area contributed by atoms with Gasteiger partial charge in [-0.1, -0.05) is 24.3 Å². The van der Waals surface area contributed by atoms with Crippen molar-refractivity contribution in [3.63, 3.8) is 0 Å². The number of hydrogen-bond donors (Lipinski definition) is 1. The van der Waals surface area contributed by atoms with Crippen LogP contribution in [-0.2, 0) is 9.59 Å². The first kappa shape index (κ1) is 18.4. The lowest BCUT2D eigenvalue weighted by atomic mass is 10.2. The quantitative estimate of drug-likeness (QED) is 0.881. The van der Waals surface area contributed by atoms with E-state index in [1.54, 1.807) is 35.2 Å². The largest absolute Gasteiger partial charge is 0.366 e. The van der Waals surface area contributed by atoms with E-state index in [0.717, 1.165) is 0 Å². The van der Waals surface area contributed by atoms with Crippen molar-refractivity contribution in [2.75, 3.05) is 36.4 Å². The molecule has 0 radical (unpaired) electrons. The highest BCUT2D eigenvalue weighted by atomic mass is 19.1. The van der Waals surface area contributed by atoms with Crippen molar-refractivity contribution in [2.24, 2.45) is 11.8 Å². The minimum Gasteiger partial charge on any atom is -0.366 e. The van der Waals surface area contributed by atoms with E-state index < -0.39 is 11.7 Å². The predicted molar refractivity (Wildman–Crippen MR) is 102 cm³/mol. The van der Waals surface area contributed by atoms with Crippen LogP contribution < -0.4 is 10.2 Å². The molecule has 28 heavy (non-hydrogen) atoms. The maximum atomic E-state index is 13.9. The molecular weight excluding hydrogens is 364 g/mol. The fourth-order valence-electron chi connectivity index (χ4n) is 3.66. The van der Waals surface area contributed by atoms with Crippen LogP contribution in [0.15, 0.2) is 48.5 Å². The van der Waals surface area contributed by atoms with E-state index in [-0.39, 0.29) is 29.2 Å². The van der Waals surface area contributed by atoms with Crippen LogP contribution in [0.2, 0.25) is 0 Å². The Morgan fingerprint density at radius 2 is 1.50 bits per heavy atom. The van der Waals surface area contributed by atoms with E-state index in [1.807, 2.05) is 4.90 Å². The molecule has 2 aromatic rings. The molecule has 1 aliphatic heterocycles. The van der Waals surface area contributed by atoms with Gasteiger partial charge in [0, 0.05) is 26.2 Å². The summed E-state index contributed by atoms with van der Waals surface area (Å²) in [5.41, 5.74) is 0.673. The first-order valence-corrected chi connectivity index (χ1v) is 9.38. The maximum Gasteiger partial charge on any atom is 0.228 e. The molecule has 1 aliphatic carbocycles. The van der Waals surface area contributed by atoms with Gasteiger partial charge >= 0.3 is 0 Å². The van der Waals surface area contributed by atoms with Gasteiger partial charge in [-0.25, -0.2) is 8.78 Å². The molecule has 1 heterocycles. The zero-order valence-corrected chi connectivity index (χ0v) is 15.3. The fourth-order valence-corrected chi connectivity index (χ4v) is 3.66. The highest BCUT2D eigenvalue weighted by Crippen LogP contribution is 2.41. The second-order valence-electron chi connectivity index (χ2n) is 7.18. The fraction of sp³-hybridized carbons (Fsp3) is 0.333. The van der Waals surface area contributed by atoms with Gasteiger partial charge in [0.05, 0.1) is 23.2 Å². The zero-order chi connectivity index (χ0) is 19.7. The van der Waals surface area contributed by atoms with Gasteiger partial charge in [0.15, 0.2) is 0 Å². The number of hydrogen-bond acceptors (Lipinski definition) is 3. The normalized spacial score (nSPS) is 21.4. The summed E-state index contributed by atoms with van der Waals surface area (Å²) in [7, 11) is 0. The third-order valence-corrected chi connectivity index (χ3v) is 5.36. The zero-order valence-electron chi connectivity index (χ0n) is 15.3. The molecule has 0 bridgehead atoms. The van der Waals surface area contributed by atoms with Gasteiger partial charge in [-0.2, -0.15) is 0 Å². The van der Waals surface area contributed by atoms with Gasteiger partial charge in [-0.05, 0) is 30.7 Å². The SMILES string of the molecule is O=C(Nc1ccccc1F)C1CC1C(=O)N1CCN(c2ccccc2F)CC1. The second kappa shape index (κ2) is 7.58. The van der Waals surface area contributed by atoms with Crippen molar-refractivity contribution in [2.45, 2.75) is 6.42 Å². The molecule has 7 heteroatoms. The molecule has 2 aromatic carbocycles. The lowest BCUT2D eigenvalue weighted by Gasteiger charge is -2.36. The van der Waals surface area contributed by atoms with E-state index in [9.17, 15) is 18.4 Å². The van der Waals surface area contributed by atoms with E-state index in [0.29, 0.717) is 38.3 Å². The van der Waals surface area contributed by atoms with Gasteiger partial charge < -0.3 is 15.1 Å². The summed E-state index contributed by atoms with van der Waals surface area (Å²) in [6.45, 7) is 2.08. The van der Waals surface area contributed by atoms with Crippen LogP contribution in [0.5, 0.6) is 0 Å². The number of piperazine rings is 1. The van der Waals surface area contributed by atoms with E-state index >= 15 is 0 Å². The van der Waals surface area contributed by atoms with Crippen molar-refractivity contribution in [1.29, 1.82) is 0 Å². The van der Waals surface area contributed by atoms with Crippen LogP contribution in [0.3, 0.4) is 0 Å². The van der Waals surface area contributed by atoms with Crippen LogP contribution in [0.25, 0.3) is 0 Å². The Morgan fingerprint density at radius 3 is 2.18 bits per heavy atom. The van der Waals surface area contributed by atoms with Crippen LogP contribution in [0.1, 0.15) is 6.42 Å². The standard InChI is InChI=1S/C21H21F2N3O2/c22-16-5-1-3-7-18(16)24-20(27)14-13-15(14)21(28)26-11-9-25(10-12-26)19-8-4-2-6-17(19)23/h1-8,14-15H,9-13H2,(H,24,27). The summed E-state index contributed by atoms with van der Waals surface area (Å²) in [5, 5.41) is 2.56. The Bertz CT molecular complexity index is 897. The lowest BCUT2D eigenvalue weighted by molar-refractivity contribution is -0.134. The van der Waals surface area contributed by atoms with Crippen LogP contribution in [-0.4, -0.2) is 42.9 Å². The molecular formula is C21H21F2N3O2. The number of rotatable bonds is 4. The number of nitrogens with one attached hydrogen (secondary N) is 1. The molecule has 2 atom stereocenters. The Morgan fingerprint density at radius 1 is 0.857 bits per heavy atom. The summed E-state index contributed by atoms with van der Waals surface area (Å²) < 4.78 is 27.6. The van der Waals surface area contributed by atoms with Gasteiger partial charge in [0.2, 0.25) is 11.8 Å². The maximum absolute atomic E-state index is 13.9. The van der Waals surface area contributed by atoms with Crippen LogP contribution in [0, 0.1) is 23.5 Å². The predicted octanol–water partition coefficient (Wildman–Crippen LogP) is 2.89. The van der Waals surface area contributed by atoms with Gasteiger partial charge in [-0.3, -0.25) is 9.59 Å². The summed E-state index contributed by atoms with van der Waals surface area (Å²) in [5.74, 6) is -1.92. The van der Waals surface area contributed by atoms with Crippen molar-refractivity contribution in [1.82, 2.24) is 4.90 Å². The van der Waals surface area contributed by atoms with Crippen LogP contribution >= 0.6 is 0 Å². The molecule has 5 nitrogen and oxygen atoms in total. The van der Waals surface area contributed by atoms with Crippen molar-refractivity contribution in [3.05, 3.63) is 60.2 Å². The minimum atomic E-state index is -0.497. The number of nitrogens with zero attached hydrogens (tertiary/aromatic N) is 2. The summed E-state index contributed by atoms with van der Waals surface area (Å²) >= 11 is 0. The van der Waals surface area contributed by atoms with Gasteiger partial charge in [0.1, 0.15) is 11.6 Å². The van der Waals surface area contributed by atoms with Crippen LogP contribution in [0.4, 0.5) is 20.2 Å². The average Bonchev–Trinajstić information content (AvgIpc) is 3.51. The first-order chi connectivity index (χ1) is 13.5. The molecule has 1 saturated heterocycles. The Balaban J connectivity index is 1.30. The van der Waals surface area contributed by atoms with Crippen molar-refractivity contribution in [3.8, 4) is 0 Å². The van der Waals surface area contributed by atoms with E-state index in [1.165, 1.54) is 18.2 Å². The highest BCUT2D eigenvalue weighted by Gasteiger charge is 2.49. The molecule has 0 spiro atoms. The third kappa shape index (κ3) is 3.69. The second-order valence-corrected chi connectivity index (χ2v) is 7.18. The number of benzene rings is 2. The number of halogens is 2. The number of amides is 2. The van der Waals surface area contributed by atoms with Crippen molar-refractivity contribution >= 4 is 23.2 Å². The summed E-state index contributed by atoms with van der Waals surface area (Å²) in [6.07, 6.45) is 0.479. The molecule has 2 fully saturated rings. The number of anilines is 2. The first-order valence-electron chi connectivity index (χ1n) is 9.38. The average molecular weight is 385 g/mol. The topological polar surface area (TPSA) is 52.7 Å². The molecule has 0 aromatic heterocycles. The number of carbonyl (C=O) groups excluding carboxylic acids is 2.